The second kappa shape index (κ2) is 5.26. The topological polar surface area (TPSA) is 74.8 Å². The van der Waals surface area contributed by atoms with Crippen LogP contribution in [0.1, 0.15) is 41.7 Å². The standard InChI is InChI=1S/C17H17N3O2/c1-9(2)18-17(22)14-8-12-11-6-4-5-7-13(11)19-16(12)15(20-14)10(3)21/h4-9,19H,1-3H3,(H,18,22). The van der Waals surface area contributed by atoms with Crippen molar-refractivity contribution in [3.63, 3.8) is 0 Å². The molecule has 0 spiro atoms. The van der Waals surface area contributed by atoms with E-state index in [1.54, 1.807) is 6.07 Å². The number of amides is 1. The van der Waals surface area contributed by atoms with Gasteiger partial charge >= 0.3 is 0 Å². The Hall–Kier alpha value is -2.69. The number of nitrogens with zero attached hydrogens (tertiary/aromatic N) is 1. The van der Waals surface area contributed by atoms with Gasteiger partial charge in [-0.3, -0.25) is 9.59 Å². The minimum absolute atomic E-state index is 0.00810. The van der Waals surface area contributed by atoms with Gasteiger partial charge in [-0.05, 0) is 26.0 Å². The number of para-hydroxylation sites is 1. The van der Waals surface area contributed by atoms with Gasteiger partial charge in [0.15, 0.2) is 5.78 Å². The predicted octanol–water partition coefficient (Wildman–Crippen LogP) is 3.06. The van der Waals surface area contributed by atoms with Crippen LogP contribution in [-0.4, -0.2) is 27.7 Å². The molecule has 0 aliphatic carbocycles. The molecule has 5 heteroatoms. The number of H-pyrrole nitrogens is 1. The van der Waals surface area contributed by atoms with Crippen LogP contribution in [0.4, 0.5) is 0 Å². The van der Waals surface area contributed by atoms with Crippen LogP contribution in [0.15, 0.2) is 30.3 Å². The average Bonchev–Trinajstić information content (AvgIpc) is 2.83. The molecule has 2 N–H and O–H groups in total. The van der Waals surface area contributed by atoms with Gasteiger partial charge in [-0.15, -0.1) is 0 Å². The molecule has 0 bridgehead atoms. The third-order valence-electron chi connectivity index (χ3n) is 3.48. The summed E-state index contributed by atoms with van der Waals surface area (Å²) in [6, 6.07) is 9.49. The lowest BCUT2D eigenvalue weighted by Gasteiger charge is -2.09. The van der Waals surface area contributed by atoms with Gasteiger partial charge in [0.25, 0.3) is 5.91 Å². The number of carbonyl (C=O) groups excluding carboxylic acids is 2. The number of Topliss-reactive ketones (excluding diaryl/α,β-unsaturated/α-hetero) is 1. The van der Waals surface area contributed by atoms with Crippen molar-refractivity contribution in [2.24, 2.45) is 0 Å². The van der Waals surface area contributed by atoms with Crippen LogP contribution < -0.4 is 5.32 Å². The van der Waals surface area contributed by atoms with E-state index >= 15 is 0 Å². The smallest absolute Gasteiger partial charge is 0.270 e. The summed E-state index contributed by atoms with van der Waals surface area (Å²) in [7, 11) is 0. The van der Waals surface area contributed by atoms with Gasteiger partial charge in [0.05, 0.1) is 5.52 Å². The minimum Gasteiger partial charge on any atom is -0.353 e. The Kier molecular flexibility index (Phi) is 3.41. The highest BCUT2D eigenvalue weighted by atomic mass is 16.2. The molecule has 0 radical (unpaired) electrons. The number of aromatic amines is 1. The van der Waals surface area contributed by atoms with Crippen molar-refractivity contribution in [3.8, 4) is 0 Å². The van der Waals surface area contributed by atoms with Crippen LogP contribution in [0.2, 0.25) is 0 Å². The molecule has 0 aliphatic heterocycles. The highest BCUT2D eigenvalue weighted by molar-refractivity contribution is 6.15. The minimum atomic E-state index is -0.273. The number of benzene rings is 1. The van der Waals surface area contributed by atoms with E-state index in [9.17, 15) is 9.59 Å². The van der Waals surface area contributed by atoms with E-state index in [-0.39, 0.29) is 23.4 Å². The number of carbonyl (C=O) groups is 2. The van der Waals surface area contributed by atoms with Crippen molar-refractivity contribution in [1.82, 2.24) is 15.3 Å². The average molecular weight is 295 g/mol. The Bertz CT molecular complexity index is 893. The molecule has 3 aromatic rings. The first kappa shape index (κ1) is 14.3. The van der Waals surface area contributed by atoms with Crippen LogP contribution in [0.25, 0.3) is 21.8 Å². The highest BCUT2D eigenvalue weighted by Gasteiger charge is 2.18. The lowest BCUT2D eigenvalue weighted by molar-refractivity contribution is 0.0938. The van der Waals surface area contributed by atoms with Gasteiger partial charge in [0, 0.05) is 29.3 Å². The normalized spacial score (nSPS) is 11.3. The molecule has 0 unspecified atom stereocenters. The van der Waals surface area contributed by atoms with Crippen molar-refractivity contribution in [2.75, 3.05) is 0 Å². The van der Waals surface area contributed by atoms with Gasteiger partial charge in [-0.25, -0.2) is 4.98 Å². The van der Waals surface area contributed by atoms with Crippen LogP contribution >= 0.6 is 0 Å². The maximum absolute atomic E-state index is 12.2. The SMILES string of the molecule is CC(=O)c1nc(C(=O)NC(C)C)cc2c1[nH]c1ccccc12. The van der Waals surface area contributed by atoms with Crippen molar-refractivity contribution in [3.05, 3.63) is 41.7 Å². The van der Waals surface area contributed by atoms with Gasteiger partial charge in [0.1, 0.15) is 11.4 Å². The fourth-order valence-electron chi connectivity index (χ4n) is 2.55. The number of pyridine rings is 1. The third-order valence-corrected chi connectivity index (χ3v) is 3.48. The van der Waals surface area contributed by atoms with Crippen molar-refractivity contribution in [2.45, 2.75) is 26.8 Å². The first-order valence-corrected chi connectivity index (χ1v) is 7.20. The molecule has 112 valence electrons. The highest BCUT2D eigenvalue weighted by Crippen LogP contribution is 2.27. The van der Waals surface area contributed by atoms with Crippen LogP contribution in [0, 0.1) is 0 Å². The number of hydrogen-bond donors (Lipinski definition) is 2. The third kappa shape index (κ3) is 2.35. The first-order valence-electron chi connectivity index (χ1n) is 7.20. The van der Waals surface area contributed by atoms with Gasteiger partial charge < -0.3 is 10.3 Å². The Balaban J connectivity index is 2.30. The zero-order chi connectivity index (χ0) is 15.9. The molecule has 2 heterocycles. The molecule has 0 saturated heterocycles. The summed E-state index contributed by atoms with van der Waals surface area (Å²) < 4.78 is 0. The van der Waals surface area contributed by atoms with Gasteiger partial charge in [-0.2, -0.15) is 0 Å². The first-order chi connectivity index (χ1) is 10.5. The summed E-state index contributed by atoms with van der Waals surface area (Å²) in [5, 5.41) is 4.62. The van der Waals surface area contributed by atoms with Crippen molar-refractivity contribution >= 4 is 33.5 Å². The number of nitrogens with one attached hydrogen (secondary N) is 2. The number of hydrogen-bond acceptors (Lipinski definition) is 3. The molecule has 0 atom stereocenters. The van der Waals surface area contributed by atoms with E-state index in [4.69, 9.17) is 0 Å². The number of fused-ring (bicyclic) bond motifs is 3. The molecular weight excluding hydrogens is 278 g/mol. The Morgan fingerprint density at radius 2 is 1.91 bits per heavy atom. The molecule has 1 amide bonds. The zero-order valence-corrected chi connectivity index (χ0v) is 12.7. The molecule has 0 aliphatic rings. The summed E-state index contributed by atoms with van der Waals surface area (Å²) in [5.41, 5.74) is 2.15. The fourth-order valence-corrected chi connectivity index (χ4v) is 2.55. The van der Waals surface area contributed by atoms with Crippen molar-refractivity contribution < 1.29 is 9.59 Å². The quantitative estimate of drug-likeness (QED) is 0.729. The summed E-state index contributed by atoms with van der Waals surface area (Å²) in [4.78, 5) is 31.6. The summed E-state index contributed by atoms with van der Waals surface area (Å²) in [5.74, 6) is -0.444. The summed E-state index contributed by atoms with van der Waals surface area (Å²) in [6.07, 6.45) is 0. The molecule has 0 fully saturated rings. The van der Waals surface area contributed by atoms with E-state index in [2.05, 4.69) is 15.3 Å². The van der Waals surface area contributed by atoms with E-state index in [1.165, 1.54) is 6.92 Å². The summed E-state index contributed by atoms with van der Waals surface area (Å²) >= 11 is 0. The zero-order valence-electron chi connectivity index (χ0n) is 12.7. The Morgan fingerprint density at radius 1 is 1.18 bits per heavy atom. The van der Waals surface area contributed by atoms with E-state index < -0.39 is 0 Å². The largest absolute Gasteiger partial charge is 0.353 e. The van der Waals surface area contributed by atoms with Crippen LogP contribution in [-0.2, 0) is 0 Å². The molecular formula is C17H17N3O2. The Labute approximate surface area is 127 Å². The lowest BCUT2D eigenvalue weighted by atomic mass is 10.1. The Morgan fingerprint density at radius 3 is 2.59 bits per heavy atom. The maximum Gasteiger partial charge on any atom is 0.270 e. The lowest BCUT2D eigenvalue weighted by Crippen LogP contribution is -2.31. The molecule has 3 rings (SSSR count). The number of aromatic nitrogens is 2. The maximum atomic E-state index is 12.2. The molecule has 5 nitrogen and oxygen atoms in total. The van der Waals surface area contributed by atoms with Gasteiger partial charge in [-0.1, -0.05) is 18.2 Å². The number of ketones is 1. The van der Waals surface area contributed by atoms with Crippen molar-refractivity contribution in [1.29, 1.82) is 0 Å². The van der Waals surface area contributed by atoms with Crippen LogP contribution in [0.5, 0.6) is 0 Å². The van der Waals surface area contributed by atoms with E-state index in [0.29, 0.717) is 11.2 Å². The molecule has 2 aromatic heterocycles. The molecule has 1 aromatic carbocycles. The van der Waals surface area contributed by atoms with E-state index in [0.717, 1.165) is 16.3 Å². The fraction of sp³-hybridized carbons (Fsp3) is 0.235. The number of rotatable bonds is 3. The second-order valence-electron chi connectivity index (χ2n) is 5.63. The second-order valence-corrected chi connectivity index (χ2v) is 5.63. The molecule has 22 heavy (non-hydrogen) atoms. The monoisotopic (exact) mass is 295 g/mol. The molecule has 0 saturated carbocycles. The summed E-state index contributed by atoms with van der Waals surface area (Å²) in [6.45, 7) is 5.22. The predicted molar refractivity (Wildman–Crippen MR) is 86.2 cm³/mol. The van der Waals surface area contributed by atoms with Gasteiger partial charge in [0.2, 0.25) is 0 Å². The van der Waals surface area contributed by atoms with E-state index in [1.807, 2.05) is 38.1 Å². The van der Waals surface area contributed by atoms with Crippen LogP contribution in [0.3, 0.4) is 0 Å².